The second-order valence-corrected chi connectivity index (χ2v) is 7.40. The number of thiophene rings is 1. The molecule has 2 saturated heterocycles. The number of amides is 1. The number of carbonyl (C=O) groups excluding carboxylic acids is 1. The van der Waals surface area contributed by atoms with Crippen LogP contribution in [0.3, 0.4) is 0 Å². The Hall–Kier alpha value is -0.870. The summed E-state index contributed by atoms with van der Waals surface area (Å²) >= 11 is 1.75. The Labute approximate surface area is 131 Å². The van der Waals surface area contributed by atoms with Crippen LogP contribution in [-0.4, -0.2) is 40.9 Å². The minimum atomic E-state index is 0.330. The molecule has 1 amide bonds. The largest absolute Gasteiger partial charge is 0.336 e. The average Bonchev–Trinajstić information content (AvgIpc) is 3.08. The van der Waals surface area contributed by atoms with Crippen molar-refractivity contribution in [3.63, 3.8) is 0 Å². The SMILES string of the molecule is CC1CCCC(C)N1C(=O)CN1CCCC1c1ccsc1. The van der Waals surface area contributed by atoms with E-state index in [9.17, 15) is 4.79 Å². The van der Waals surface area contributed by atoms with Gasteiger partial charge in [-0.2, -0.15) is 11.3 Å². The molecule has 3 rings (SSSR count). The lowest BCUT2D eigenvalue weighted by molar-refractivity contribution is -0.138. The highest BCUT2D eigenvalue weighted by atomic mass is 32.1. The maximum atomic E-state index is 12.8. The zero-order chi connectivity index (χ0) is 14.8. The highest BCUT2D eigenvalue weighted by molar-refractivity contribution is 7.07. The molecule has 116 valence electrons. The predicted molar refractivity (Wildman–Crippen MR) is 87.5 cm³/mol. The van der Waals surface area contributed by atoms with Crippen molar-refractivity contribution < 1.29 is 4.79 Å². The Bertz CT molecular complexity index is 463. The van der Waals surface area contributed by atoms with Gasteiger partial charge in [-0.25, -0.2) is 0 Å². The second-order valence-electron chi connectivity index (χ2n) is 6.62. The molecule has 2 aliphatic heterocycles. The highest BCUT2D eigenvalue weighted by Gasteiger charge is 2.33. The van der Waals surface area contributed by atoms with Crippen molar-refractivity contribution in [3.05, 3.63) is 22.4 Å². The summed E-state index contributed by atoms with van der Waals surface area (Å²) in [5.41, 5.74) is 1.39. The Kier molecular flexibility index (Phi) is 4.65. The zero-order valence-electron chi connectivity index (χ0n) is 13.1. The summed E-state index contributed by atoms with van der Waals surface area (Å²) in [6, 6.07) is 3.48. The van der Waals surface area contributed by atoms with E-state index in [-0.39, 0.29) is 0 Å². The van der Waals surface area contributed by atoms with Gasteiger partial charge >= 0.3 is 0 Å². The molecule has 3 unspecified atom stereocenters. The number of hydrogen-bond donors (Lipinski definition) is 0. The third-order valence-electron chi connectivity index (χ3n) is 5.11. The van der Waals surface area contributed by atoms with E-state index in [0.717, 1.165) is 19.4 Å². The summed E-state index contributed by atoms with van der Waals surface area (Å²) in [5.74, 6) is 0.330. The predicted octanol–water partition coefficient (Wildman–Crippen LogP) is 3.67. The average molecular weight is 306 g/mol. The summed E-state index contributed by atoms with van der Waals surface area (Å²) in [5, 5.41) is 4.38. The Morgan fingerprint density at radius 2 is 2.00 bits per heavy atom. The lowest BCUT2D eigenvalue weighted by atomic mass is 9.97. The van der Waals surface area contributed by atoms with E-state index in [1.807, 2.05) is 0 Å². The first-order valence-electron chi connectivity index (χ1n) is 8.24. The molecule has 0 saturated carbocycles. The first kappa shape index (κ1) is 15.0. The molecular formula is C17H26N2OS. The van der Waals surface area contributed by atoms with Crippen LogP contribution in [0, 0.1) is 0 Å². The number of rotatable bonds is 3. The number of piperidine rings is 1. The Morgan fingerprint density at radius 3 is 2.67 bits per heavy atom. The van der Waals surface area contributed by atoms with Gasteiger partial charge in [0, 0.05) is 18.1 Å². The number of likely N-dealkylation sites (tertiary alicyclic amines) is 2. The summed E-state index contributed by atoms with van der Waals surface area (Å²) in [7, 11) is 0. The molecule has 0 bridgehead atoms. The molecule has 0 spiro atoms. The van der Waals surface area contributed by atoms with Gasteiger partial charge in [-0.15, -0.1) is 0 Å². The summed E-state index contributed by atoms with van der Waals surface area (Å²) in [4.78, 5) is 17.3. The van der Waals surface area contributed by atoms with E-state index in [1.54, 1.807) is 11.3 Å². The minimum Gasteiger partial charge on any atom is -0.336 e. The molecule has 0 aromatic carbocycles. The minimum absolute atomic E-state index is 0.330. The first-order chi connectivity index (χ1) is 10.2. The maximum absolute atomic E-state index is 12.8. The molecule has 3 heterocycles. The summed E-state index contributed by atoms with van der Waals surface area (Å²) in [6.07, 6.45) is 5.97. The number of nitrogens with zero attached hydrogens (tertiary/aromatic N) is 2. The van der Waals surface area contributed by atoms with Crippen LogP contribution in [0.15, 0.2) is 16.8 Å². The van der Waals surface area contributed by atoms with Crippen molar-refractivity contribution in [1.82, 2.24) is 9.80 Å². The Morgan fingerprint density at radius 1 is 1.24 bits per heavy atom. The normalized spacial score (nSPS) is 30.8. The molecule has 3 atom stereocenters. The van der Waals surface area contributed by atoms with Crippen LogP contribution in [0.1, 0.15) is 57.6 Å². The van der Waals surface area contributed by atoms with Crippen LogP contribution >= 0.6 is 11.3 Å². The number of carbonyl (C=O) groups is 1. The molecule has 21 heavy (non-hydrogen) atoms. The molecule has 4 heteroatoms. The monoisotopic (exact) mass is 306 g/mol. The van der Waals surface area contributed by atoms with Crippen molar-refractivity contribution in [2.45, 2.75) is 64.1 Å². The first-order valence-corrected chi connectivity index (χ1v) is 9.18. The van der Waals surface area contributed by atoms with E-state index in [0.29, 0.717) is 30.6 Å². The van der Waals surface area contributed by atoms with E-state index in [4.69, 9.17) is 0 Å². The lowest BCUT2D eigenvalue weighted by Crippen LogP contribution is -2.51. The van der Waals surface area contributed by atoms with Crippen LogP contribution in [0.4, 0.5) is 0 Å². The fourth-order valence-corrected chi connectivity index (χ4v) is 4.73. The highest BCUT2D eigenvalue weighted by Crippen LogP contribution is 2.33. The third kappa shape index (κ3) is 3.16. The zero-order valence-corrected chi connectivity index (χ0v) is 13.9. The Balaban J connectivity index is 1.66. The van der Waals surface area contributed by atoms with Crippen molar-refractivity contribution in [1.29, 1.82) is 0 Å². The van der Waals surface area contributed by atoms with E-state index >= 15 is 0 Å². The van der Waals surface area contributed by atoms with E-state index in [1.165, 1.54) is 24.8 Å². The molecule has 1 aromatic rings. The quantitative estimate of drug-likeness (QED) is 0.850. The molecule has 1 aromatic heterocycles. The van der Waals surface area contributed by atoms with Gasteiger partial charge < -0.3 is 4.90 Å². The molecule has 0 radical (unpaired) electrons. The smallest absolute Gasteiger partial charge is 0.237 e. The van der Waals surface area contributed by atoms with Crippen molar-refractivity contribution in [2.24, 2.45) is 0 Å². The van der Waals surface area contributed by atoms with Gasteiger partial charge in [-0.05, 0) is 74.9 Å². The second kappa shape index (κ2) is 6.49. The van der Waals surface area contributed by atoms with Gasteiger partial charge in [0.2, 0.25) is 5.91 Å². The summed E-state index contributed by atoms with van der Waals surface area (Å²) < 4.78 is 0. The van der Waals surface area contributed by atoms with Gasteiger partial charge in [-0.3, -0.25) is 9.69 Å². The molecule has 0 N–H and O–H groups in total. The molecule has 3 nitrogen and oxygen atoms in total. The van der Waals surface area contributed by atoms with Gasteiger partial charge in [0.05, 0.1) is 6.54 Å². The lowest BCUT2D eigenvalue weighted by Gasteiger charge is -2.40. The fourth-order valence-electron chi connectivity index (χ4n) is 4.03. The standard InChI is InChI=1S/C17H26N2OS/c1-13-5-3-6-14(2)19(13)17(20)11-18-9-4-7-16(18)15-8-10-21-12-15/h8,10,12-14,16H,3-7,9,11H2,1-2H3. The van der Waals surface area contributed by atoms with Gasteiger partial charge in [0.15, 0.2) is 0 Å². The van der Waals surface area contributed by atoms with Crippen LogP contribution < -0.4 is 0 Å². The van der Waals surface area contributed by atoms with Crippen molar-refractivity contribution >= 4 is 17.2 Å². The van der Waals surface area contributed by atoms with Crippen LogP contribution in [-0.2, 0) is 4.79 Å². The molecule has 2 fully saturated rings. The fraction of sp³-hybridized carbons (Fsp3) is 0.706. The molecule has 0 aliphatic carbocycles. The molecular weight excluding hydrogens is 280 g/mol. The van der Waals surface area contributed by atoms with Crippen LogP contribution in [0.5, 0.6) is 0 Å². The van der Waals surface area contributed by atoms with E-state index in [2.05, 4.69) is 40.5 Å². The third-order valence-corrected chi connectivity index (χ3v) is 5.81. The molecule has 2 aliphatic rings. The van der Waals surface area contributed by atoms with Gasteiger partial charge in [0.1, 0.15) is 0 Å². The van der Waals surface area contributed by atoms with Gasteiger partial charge in [0.25, 0.3) is 0 Å². The van der Waals surface area contributed by atoms with Crippen LogP contribution in [0.25, 0.3) is 0 Å². The van der Waals surface area contributed by atoms with Crippen LogP contribution in [0.2, 0.25) is 0 Å². The van der Waals surface area contributed by atoms with E-state index < -0.39 is 0 Å². The van der Waals surface area contributed by atoms with Crippen molar-refractivity contribution in [2.75, 3.05) is 13.1 Å². The number of hydrogen-bond acceptors (Lipinski definition) is 3. The van der Waals surface area contributed by atoms with Crippen molar-refractivity contribution in [3.8, 4) is 0 Å². The maximum Gasteiger partial charge on any atom is 0.237 e. The van der Waals surface area contributed by atoms with Gasteiger partial charge in [-0.1, -0.05) is 0 Å². The summed E-state index contributed by atoms with van der Waals surface area (Å²) in [6.45, 7) is 6.06. The topological polar surface area (TPSA) is 23.6 Å².